The molecule has 0 amide bonds. The summed E-state index contributed by atoms with van der Waals surface area (Å²) in [5.74, 6) is 1.36. The highest BCUT2D eigenvalue weighted by atomic mass is 16.5. The van der Waals surface area contributed by atoms with Crippen molar-refractivity contribution in [2.75, 3.05) is 0 Å². The van der Waals surface area contributed by atoms with E-state index in [1.165, 1.54) is 0 Å². The largest absolute Gasteiger partial charge is 0.486 e. The second kappa shape index (κ2) is 7.71. The molecule has 0 fully saturated rings. The number of hydrogen-bond acceptors (Lipinski definition) is 6. The van der Waals surface area contributed by atoms with Crippen molar-refractivity contribution in [1.29, 1.82) is 0 Å². The lowest BCUT2D eigenvalue weighted by molar-refractivity contribution is 0.296. The summed E-state index contributed by atoms with van der Waals surface area (Å²) in [5, 5.41) is 4.64. The molecule has 0 saturated carbocycles. The molecule has 0 atom stereocenters. The average molecular weight is 394 g/mol. The molecule has 7 nitrogen and oxygen atoms in total. The highest BCUT2D eigenvalue weighted by molar-refractivity contribution is 5.80. The van der Waals surface area contributed by atoms with Gasteiger partial charge in [0.1, 0.15) is 23.6 Å². The molecule has 4 aromatic heterocycles. The van der Waals surface area contributed by atoms with Gasteiger partial charge in [-0.05, 0) is 54.1 Å². The highest BCUT2D eigenvalue weighted by Gasteiger charge is 2.12. The van der Waals surface area contributed by atoms with E-state index in [9.17, 15) is 0 Å². The van der Waals surface area contributed by atoms with Gasteiger partial charge in [0.05, 0.1) is 11.7 Å². The van der Waals surface area contributed by atoms with Crippen LogP contribution in [-0.4, -0.2) is 29.7 Å². The Labute approximate surface area is 173 Å². The molecule has 5 rings (SSSR count). The first-order valence-corrected chi connectivity index (χ1v) is 9.50. The summed E-state index contributed by atoms with van der Waals surface area (Å²) in [6, 6.07) is 15.6. The molecular formula is C23H18N6O. The minimum Gasteiger partial charge on any atom is -0.486 e. The molecule has 0 aliphatic heterocycles. The molecule has 7 heteroatoms. The molecule has 0 aliphatic rings. The Morgan fingerprint density at radius 3 is 2.53 bits per heavy atom. The van der Waals surface area contributed by atoms with Crippen molar-refractivity contribution in [1.82, 2.24) is 29.7 Å². The van der Waals surface area contributed by atoms with Gasteiger partial charge in [0, 0.05) is 43.0 Å². The van der Waals surface area contributed by atoms with E-state index in [0.29, 0.717) is 5.82 Å². The maximum atomic E-state index is 5.87. The van der Waals surface area contributed by atoms with Crippen LogP contribution in [0.3, 0.4) is 0 Å². The van der Waals surface area contributed by atoms with E-state index in [2.05, 4.69) is 25.0 Å². The number of nitrogens with zero attached hydrogens (tertiary/aromatic N) is 6. The fourth-order valence-electron chi connectivity index (χ4n) is 3.28. The van der Waals surface area contributed by atoms with Gasteiger partial charge in [-0.15, -0.1) is 0 Å². The molecule has 30 heavy (non-hydrogen) atoms. The molecule has 1 aromatic carbocycles. The zero-order valence-electron chi connectivity index (χ0n) is 16.3. The maximum absolute atomic E-state index is 5.87. The van der Waals surface area contributed by atoms with Crippen LogP contribution in [0, 0.1) is 0 Å². The van der Waals surface area contributed by atoms with E-state index < -0.39 is 0 Å². The van der Waals surface area contributed by atoms with Gasteiger partial charge in [-0.25, -0.2) is 9.97 Å². The monoisotopic (exact) mass is 394 g/mol. The molecule has 146 valence electrons. The number of fused-ring (bicyclic) bond motifs is 1. The SMILES string of the molecule is Cn1cc(-c2ccncc2)c(-c2ccc(OCc3ncc4ncccc4n3)cc2)n1. The van der Waals surface area contributed by atoms with Crippen LogP contribution in [-0.2, 0) is 13.7 Å². The zero-order valence-corrected chi connectivity index (χ0v) is 16.3. The number of benzene rings is 1. The van der Waals surface area contributed by atoms with E-state index in [0.717, 1.165) is 39.2 Å². The number of aryl methyl sites for hydroxylation is 1. The van der Waals surface area contributed by atoms with Crippen molar-refractivity contribution < 1.29 is 4.74 Å². The summed E-state index contributed by atoms with van der Waals surface area (Å²) in [7, 11) is 1.92. The summed E-state index contributed by atoms with van der Waals surface area (Å²) in [6.45, 7) is 0.288. The van der Waals surface area contributed by atoms with Crippen molar-refractivity contribution in [3.63, 3.8) is 0 Å². The molecule has 0 saturated heterocycles. The fourth-order valence-corrected chi connectivity index (χ4v) is 3.28. The zero-order chi connectivity index (χ0) is 20.3. The number of hydrogen-bond donors (Lipinski definition) is 0. The second-order valence-electron chi connectivity index (χ2n) is 6.81. The van der Waals surface area contributed by atoms with Crippen molar-refractivity contribution in [2.45, 2.75) is 6.61 Å². The lowest BCUT2D eigenvalue weighted by Gasteiger charge is -2.07. The van der Waals surface area contributed by atoms with Crippen LogP contribution in [0.15, 0.2) is 79.5 Å². The van der Waals surface area contributed by atoms with Gasteiger partial charge in [-0.3, -0.25) is 14.6 Å². The van der Waals surface area contributed by atoms with Crippen LogP contribution >= 0.6 is 0 Å². The van der Waals surface area contributed by atoms with Crippen molar-refractivity contribution in [3.05, 3.63) is 85.3 Å². The summed E-state index contributed by atoms with van der Waals surface area (Å²) in [5.41, 5.74) is 5.65. The van der Waals surface area contributed by atoms with Crippen LogP contribution in [0.5, 0.6) is 5.75 Å². The Morgan fingerprint density at radius 1 is 0.867 bits per heavy atom. The van der Waals surface area contributed by atoms with Crippen LogP contribution in [0.25, 0.3) is 33.4 Å². The van der Waals surface area contributed by atoms with Gasteiger partial charge >= 0.3 is 0 Å². The van der Waals surface area contributed by atoms with Gasteiger partial charge in [-0.2, -0.15) is 5.10 Å². The molecule has 0 bridgehead atoms. The van der Waals surface area contributed by atoms with Crippen LogP contribution in [0.4, 0.5) is 0 Å². The minimum absolute atomic E-state index is 0.288. The van der Waals surface area contributed by atoms with Crippen LogP contribution in [0.1, 0.15) is 5.82 Å². The third kappa shape index (κ3) is 3.60. The Kier molecular flexibility index (Phi) is 4.61. The van der Waals surface area contributed by atoms with Crippen molar-refractivity contribution in [2.24, 2.45) is 7.05 Å². The molecule has 0 aliphatic carbocycles. The average Bonchev–Trinajstić information content (AvgIpc) is 3.20. The molecule has 5 aromatic rings. The minimum atomic E-state index is 0.288. The number of pyridine rings is 2. The summed E-state index contributed by atoms with van der Waals surface area (Å²) < 4.78 is 7.69. The maximum Gasteiger partial charge on any atom is 0.166 e. The van der Waals surface area contributed by atoms with Gasteiger partial charge < -0.3 is 4.74 Å². The third-order valence-electron chi connectivity index (χ3n) is 4.72. The summed E-state index contributed by atoms with van der Waals surface area (Å²) in [6.07, 6.45) is 9.03. The normalized spacial score (nSPS) is 11.0. The number of ether oxygens (including phenoxy) is 1. The summed E-state index contributed by atoms with van der Waals surface area (Å²) in [4.78, 5) is 17.1. The second-order valence-corrected chi connectivity index (χ2v) is 6.81. The lowest BCUT2D eigenvalue weighted by atomic mass is 10.0. The molecule has 0 radical (unpaired) electrons. The highest BCUT2D eigenvalue weighted by Crippen LogP contribution is 2.31. The third-order valence-corrected chi connectivity index (χ3v) is 4.72. The van der Waals surface area contributed by atoms with E-state index in [4.69, 9.17) is 4.74 Å². The molecule has 0 spiro atoms. The smallest absolute Gasteiger partial charge is 0.166 e. The quantitative estimate of drug-likeness (QED) is 0.447. The van der Waals surface area contributed by atoms with Crippen LogP contribution in [0.2, 0.25) is 0 Å². The first-order valence-electron chi connectivity index (χ1n) is 9.50. The van der Waals surface area contributed by atoms with E-state index in [1.54, 1.807) is 24.8 Å². The standard InChI is InChI=1S/C23H18N6O/c1-29-14-19(16-8-11-24-12-9-16)23(28-29)17-4-6-18(7-5-17)30-15-22-26-13-21-20(27-22)3-2-10-25-21/h2-14H,15H2,1H3. The van der Waals surface area contributed by atoms with E-state index in [-0.39, 0.29) is 6.61 Å². The Balaban J connectivity index is 1.35. The predicted molar refractivity (Wildman–Crippen MR) is 114 cm³/mol. The lowest BCUT2D eigenvalue weighted by Crippen LogP contribution is -2.01. The Morgan fingerprint density at radius 2 is 1.70 bits per heavy atom. The van der Waals surface area contributed by atoms with E-state index in [1.807, 2.05) is 66.5 Å². The van der Waals surface area contributed by atoms with E-state index >= 15 is 0 Å². The number of aromatic nitrogens is 6. The molecule has 0 unspecified atom stereocenters. The van der Waals surface area contributed by atoms with Gasteiger partial charge in [0.2, 0.25) is 0 Å². The van der Waals surface area contributed by atoms with Gasteiger partial charge in [0.15, 0.2) is 5.82 Å². The van der Waals surface area contributed by atoms with Crippen molar-refractivity contribution >= 4 is 11.0 Å². The van der Waals surface area contributed by atoms with Crippen LogP contribution < -0.4 is 4.74 Å². The predicted octanol–water partition coefficient (Wildman–Crippen LogP) is 4.07. The Hall–Kier alpha value is -4.13. The topological polar surface area (TPSA) is 78.6 Å². The van der Waals surface area contributed by atoms with Gasteiger partial charge in [-0.1, -0.05) is 0 Å². The Bertz CT molecular complexity index is 1300. The fraction of sp³-hybridized carbons (Fsp3) is 0.0870. The molecule has 4 heterocycles. The molecular weight excluding hydrogens is 376 g/mol. The summed E-state index contributed by atoms with van der Waals surface area (Å²) >= 11 is 0. The number of rotatable bonds is 5. The van der Waals surface area contributed by atoms with Gasteiger partial charge in [0.25, 0.3) is 0 Å². The first kappa shape index (κ1) is 17.9. The molecule has 0 N–H and O–H groups in total. The van der Waals surface area contributed by atoms with Crippen molar-refractivity contribution in [3.8, 4) is 28.1 Å². The first-order chi connectivity index (χ1) is 14.8.